The molecule has 0 spiro atoms. The molecule has 0 fully saturated rings. The van der Waals surface area contributed by atoms with Crippen LogP contribution >= 0.6 is 0 Å². The fourth-order valence-corrected chi connectivity index (χ4v) is 1.26. The molecule has 4 heteroatoms. The lowest BCUT2D eigenvalue weighted by atomic mass is 10.2. The maximum absolute atomic E-state index is 10.8. The maximum atomic E-state index is 10.8. The van der Waals surface area contributed by atoms with Gasteiger partial charge in [-0.05, 0) is 31.0 Å². The minimum absolute atomic E-state index is 0.157. The SMILES string of the molecule is CNC(=O)NCCCOc1cccc(C)c1. The molecule has 0 saturated heterocycles. The third-order valence-corrected chi connectivity index (χ3v) is 2.09. The second kappa shape index (κ2) is 6.71. The second-order valence-electron chi connectivity index (χ2n) is 3.52. The molecule has 2 amide bonds. The van der Waals surface area contributed by atoms with Gasteiger partial charge in [-0.25, -0.2) is 4.79 Å². The number of urea groups is 1. The van der Waals surface area contributed by atoms with Crippen LogP contribution in [0.1, 0.15) is 12.0 Å². The van der Waals surface area contributed by atoms with Crippen LogP contribution in [-0.2, 0) is 0 Å². The summed E-state index contributed by atoms with van der Waals surface area (Å²) in [5, 5.41) is 5.19. The largest absolute Gasteiger partial charge is 0.494 e. The van der Waals surface area contributed by atoms with E-state index in [0.717, 1.165) is 12.2 Å². The zero-order chi connectivity index (χ0) is 11.8. The number of aryl methyl sites for hydroxylation is 1. The highest BCUT2D eigenvalue weighted by Crippen LogP contribution is 2.12. The van der Waals surface area contributed by atoms with E-state index in [1.54, 1.807) is 7.05 Å². The molecule has 16 heavy (non-hydrogen) atoms. The quantitative estimate of drug-likeness (QED) is 0.745. The average molecular weight is 222 g/mol. The van der Waals surface area contributed by atoms with Gasteiger partial charge in [-0.3, -0.25) is 0 Å². The summed E-state index contributed by atoms with van der Waals surface area (Å²) in [4.78, 5) is 10.8. The number of hydrogen-bond acceptors (Lipinski definition) is 2. The smallest absolute Gasteiger partial charge is 0.314 e. The number of amides is 2. The zero-order valence-electron chi connectivity index (χ0n) is 9.75. The van der Waals surface area contributed by atoms with Crippen molar-refractivity contribution in [2.45, 2.75) is 13.3 Å². The fraction of sp³-hybridized carbons (Fsp3) is 0.417. The van der Waals surface area contributed by atoms with E-state index in [-0.39, 0.29) is 6.03 Å². The van der Waals surface area contributed by atoms with E-state index in [2.05, 4.69) is 10.6 Å². The predicted molar refractivity (Wildman–Crippen MR) is 63.7 cm³/mol. The highest BCUT2D eigenvalue weighted by atomic mass is 16.5. The van der Waals surface area contributed by atoms with Gasteiger partial charge in [-0.1, -0.05) is 12.1 Å². The fourth-order valence-electron chi connectivity index (χ4n) is 1.26. The molecule has 0 aliphatic rings. The molecule has 1 aromatic carbocycles. The van der Waals surface area contributed by atoms with Crippen molar-refractivity contribution in [2.24, 2.45) is 0 Å². The van der Waals surface area contributed by atoms with Crippen LogP contribution in [0.4, 0.5) is 4.79 Å². The van der Waals surface area contributed by atoms with E-state index in [9.17, 15) is 4.79 Å². The second-order valence-corrected chi connectivity index (χ2v) is 3.52. The molecule has 4 nitrogen and oxygen atoms in total. The van der Waals surface area contributed by atoms with E-state index in [4.69, 9.17) is 4.74 Å². The van der Waals surface area contributed by atoms with Gasteiger partial charge in [0, 0.05) is 13.6 Å². The van der Waals surface area contributed by atoms with Crippen LogP contribution in [0.25, 0.3) is 0 Å². The summed E-state index contributed by atoms with van der Waals surface area (Å²) in [7, 11) is 1.60. The van der Waals surface area contributed by atoms with Crippen LogP contribution in [0.15, 0.2) is 24.3 Å². The minimum atomic E-state index is -0.157. The Kier molecular flexibility index (Phi) is 5.19. The normalized spacial score (nSPS) is 9.62. The van der Waals surface area contributed by atoms with E-state index in [0.29, 0.717) is 13.2 Å². The molecule has 1 aromatic rings. The Hall–Kier alpha value is -1.71. The number of carbonyl (C=O) groups excluding carboxylic acids is 1. The van der Waals surface area contributed by atoms with Gasteiger partial charge in [0.05, 0.1) is 6.61 Å². The van der Waals surface area contributed by atoms with Crippen LogP contribution in [0.2, 0.25) is 0 Å². The molecule has 0 saturated carbocycles. The van der Waals surface area contributed by atoms with E-state index >= 15 is 0 Å². The van der Waals surface area contributed by atoms with Crippen molar-refractivity contribution in [1.29, 1.82) is 0 Å². The Labute approximate surface area is 96.0 Å². The van der Waals surface area contributed by atoms with Gasteiger partial charge in [-0.15, -0.1) is 0 Å². The first-order valence-electron chi connectivity index (χ1n) is 5.37. The van der Waals surface area contributed by atoms with Crippen LogP contribution in [0.5, 0.6) is 5.75 Å². The summed E-state index contributed by atoms with van der Waals surface area (Å²) < 4.78 is 5.53. The van der Waals surface area contributed by atoms with Crippen molar-refractivity contribution in [3.05, 3.63) is 29.8 Å². The summed E-state index contributed by atoms with van der Waals surface area (Å²) in [5.74, 6) is 0.875. The molecule has 88 valence electrons. The average Bonchev–Trinajstić information content (AvgIpc) is 2.28. The maximum Gasteiger partial charge on any atom is 0.314 e. The third kappa shape index (κ3) is 4.68. The van der Waals surface area contributed by atoms with Gasteiger partial charge in [0.25, 0.3) is 0 Å². The summed E-state index contributed by atoms with van der Waals surface area (Å²) in [5.41, 5.74) is 1.18. The molecule has 0 aromatic heterocycles. The first kappa shape index (κ1) is 12.4. The highest BCUT2D eigenvalue weighted by Gasteiger charge is 1.96. The molecule has 2 N–H and O–H groups in total. The molecule has 0 aliphatic carbocycles. The van der Waals surface area contributed by atoms with Crippen molar-refractivity contribution >= 4 is 6.03 Å². The first-order chi connectivity index (χ1) is 7.72. The molecular formula is C12H18N2O2. The van der Waals surface area contributed by atoms with Gasteiger partial charge in [0.15, 0.2) is 0 Å². The third-order valence-electron chi connectivity index (χ3n) is 2.09. The molecule has 0 radical (unpaired) electrons. The number of carbonyl (C=O) groups is 1. The highest BCUT2D eigenvalue weighted by molar-refractivity contribution is 5.73. The van der Waals surface area contributed by atoms with E-state index in [1.807, 2.05) is 31.2 Å². The Morgan fingerprint density at radius 3 is 2.94 bits per heavy atom. The van der Waals surface area contributed by atoms with Crippen molar-refractivity contribution in [3.63, 3.8) is 0 Å². The molecule has 0 aliphatic heterocycles. The lowest BCUT2D eigenvalue weighted by Gasteiger charge is -2.07. The van der Waals surface area contributed by atoms with Crippen molar-refractivity contribution < 1.29 is 9.53 Å². The molecule has 0 bridgehead atoms. The van der Waals surface area contributed by atoms with Gasteiger partial charge < -0.3 is 15.4 Å². The molecule has 0 unspecified atom stereocenters. The van der Waals surface area contributed by atoms with E-state index < -0.39 is 0 Å². The first-order valence-corrected chi connectivity index (χ1v) is 5.37. The van der Waals surface area contributed by atoms with E-state index in [1.165, 1.54) is 5.56 Å². The Bertz CT molecular complexity index is 340. The summed E-state index contributed by atoms with van der Waals surface area (Å²) in [6.45, 7) is 3.25. The standard InChI is InChI=1S/C12H18N2O2/c1-10-5-3-6-11(9-10)16-8-4-7-14-12(15)13-2/h3,5-6,9H,4,7-8H2,1-2H3,(H2,13,14,15). The van der Waals surface area contributed by atoms with Crippen LogP contribution in [0.3, 0.4) is 0 Å². The number of benzene rings is 1. The number of hydrogen-bond donors (Lipinski definition) is 2. The Morgan fingerprint density at radius 2 is 2.25 bits per heavy atom. The Morgan fingerprint density at radius 1 is 1.44 bits per heavy atom. The van der Waals surface area contributed by atoms with Crippen LogP contribution < -0.4 is 15.4 Å². The van der Waals surface area contributed by atoms with Gasteiger partial charge in [0.2, 0.25) is 0 Å². The topological polar surface area (TPSA) is 50.4 Å². The van der Waals surface area contributed by atoms with Gasteiger partial charge in [0.1, 0.15) is 5.75 Å². The number of nitrogens with one attached hydrogen (secondary N) is 2. The van der Waals surface area contributed by atoms with Crippen molar-refractivity contribution in [3.8, 4) is 5.75 Å². The lowest BCUT2D eigenvalue weighted by molar-refractivity contribution is 0.241. The minimum Gasteiger partial charge on any atom is -0.494 e. The van der Waals surface area contributed by atoms with Gasteiger partial charge >= 0.3 is 6.03 Å². The number of rotatable bonds is 5. The lowest BCUT2D eigenvalue weighted by Crippen LogP contribution is -2.33. The molecule has 0 heterocycles. The molecular weight excluding hydrogens is 204 g/mol. The molecule has 0 atom stereocenters. The molecule has 1 rings (SSSR count). The van der Waals surface area contributed by atoms with Gasteiger partial charge in [-0.2, -0.15) is 0 Å². The summed E-state index contributed by atoms with van der Waals surface area (Å²) in [6, 6.07) is 7.76. The summed E-state index contributed by atoms with van der Waals surface area (Å²) in [6.07, 6.45) is 0.793. The van der Waals surface area contributed by atoms with Crippen molar-refractivity contribution in [2.75, 3.05) is 20.2 Å². The Balaban J connectivity index is 2.14. The van der Waals surface area contributed by atoms with Crippen LogP contribution in [0, 0.1) is 6.92 Å². The monoisotopic (exact) mass is 222 g/mol. The van der Waals surface area contributed by atoms with Crippen LogP contribution in [-0.4, -0.2) is 26.2 Å². The zero-order valence-corrected chi connectivity index (χ0v) is 9.75. The number of ether oxygens (including phenoxy) is 1. The predicted octanol–water partition coefficient (Wildman–Crippen LogP) is 1.69. The van der Waals surface area contributed by atoms with Crippen molar-refractivity contribution in [1.82, 2.24) is 10.6 Å². The summed E-state index contributed by atoms with van der Waals surface area (Å²) >= 11 is 0.